The second-order valence-corrected chi connectivity index (χ2v) is 7.61. The molecule has 0 saturated carbocycles. The van der Waals surface area contributed by atoms with Crippen LogP contribution in [0.3, 0.4) is 0 Å². The van der Waals surface area contributed by atoms with Crippen LogP contribution in [0.2, 0.25) is 0 Å². The van der Waals surface area contributed by atoms with Gasteiger partial charge in [-0.1, -0.05) is 6.07 Å². The fourth-order valence-corrected chi connectivity index (χ4v) is 3.91. The molecule has 0 bridgehead atoms. The van der Waals surface area contributed by atoms with Crippen LogP contribution < -0.4 is 15.2 Å². The largest absolute Gasteiger partial charge is 0.496 e. The van der Waals surface area contributed by atoms with E-state index in [0.29, 0.717) is 13.0 Å². The number of nitrogens with one attached hydrogen (secondary N) is 1. The highest BCUT2D eigenvalue weighted by Crippen LogP contribution is 2.22. The summed E-state index contributed by atoms with van der Waals surface area (Å²) < 4.78 is 32.1. The van der Waals surface area contributed by atoms with Crippen molar-refractivity contribution in [3.05, 3.63) is 46.2 Å². The number of aryl methyl sites for hydroxylation is 1. The molecule has 0 atom stereocenters. The number of amides is 1. The van der Waals surface area contributed by atoms with Crippen LogP contribution in [-0.4, -0.2) is 28.0 Å². The first-order chi connectivity index (χ1) is 10.9. The number of benzene rings is 1. The van der Waals surface area contributed by atoms with Crippen molar-refractivity contribution in [2.24, 2.45) is 5.73 Å². The van der Waals surface area contributed by atoms with Gasteiger partial charge in [0, 0.05) is 11.4 Å². The Morgan fingerprint density at radius 2 is 2.13 bits per heavy atom. The Morgan fingerprint density at radius 1 is 1.35 bits per heavy atom. The van der Waals surface area contributed by atoms with Crippen LogP contribution in [0.4, 0.5) is 0 Å². The van der Waals surface area contributed by atoms with Gasteiger partial charge >= 0.3 is 0 Å². The number of sulfonamides is 1. The minimum Gasteiger partial charge on any atom is -0.496 e. The van der Waals surface area contributed by atoms with Gasteiger partial charge in [0.25, 0.3) is 5.91 Å². The third kappa shape index (κ3) is 4.54. The van der Waals surface area contributed by atoms with Gasteiger partial charge in [-0.05, 0) is 42.5 Å². The molecule has 1 aromatic carbocycles. The molecule has 3 N–H and O–H groups in total. The molecule has 0 unspecified atom stereocenters. The summed E-state index contributed by atoms with van der Waals surface area (Å²) in [6.07, 6.45) is 1.51. The minimum absolute atomic E-state index is 0.0109. The SMILES string of the molecule is COc1ccc(S(=O)(=O)NCCCc2cccs2)cc1C(N)=O. The predicted octanol–water partition coefficient (Wildman–Crippen LogP) is 1.77. The zero-order valence-electron chi connectivity index (χ0n) is 12.6. The van der Waals surface area contributed by atoms with E-state index in [1.165, 1.54) is 30.2 Å². The van der Waals surface area contributed by atoms with E-state index in [1.54, 1.807) is 11.3 Å². The molecule has 0 aliphatic carbocycles. The van der Waals surface area contributed by atoms with Crippen LogP contribution >= 0.6 is 11.3 Å². The van der Waals surface area contributed by atoms with Crippen LogP contribution in [0, 0.1) is 0 Å². The Bertz CT molecular complexity index is 771. The number of carbonyl (C=O) groups is 1. The van der Waals surface area contributed by atoms with Gasteiger partial charge in [0.2, 0.25) is 10.0 Å². The number of methoxy groups -OCH3 is 1. The molecule has 0 saturated heterocycles. The van der Waals surface area contributed by atoms with Gasteiger partial charge in [-0.15, -0.1) is 11.3 Å². The molecular weight excluding hydrogens is 336 g/mol. The zero-order valence-corrected chi connectivity index (χ0v) is 14.2. The van der Waals surface area contributed by atoms with Gasteiger partial charge in [-0.3, -0.25) is 4.79 Å². The molecule has 124 valence electrons. The Kier molecular flexibility index (Phi) is 5.75. The molecule has 0 fully saturated rings. The molecule has 0 spiro atoms. The minimum atomic E-state index is -3.69. The summed E-state index contributed by atoms with van der Waals surface area (Å²) in [7, 11) is -2.30. The van der Waals surface area contributed by atoms with Crippen molar-refractivity contribution in [1.82, 2.24) is 4.72 Å². The Morgan fingerprint density at radius 3 is 2.74 bits per heavy atom. The maximum absolute atomic E-state index is 12.3. The van der Waals surface area contributed by atoms with Crippen molar-refractivity contribution < 1.29 is 17.9 Å². The number of hydrogen-bond acceptors (Lipinski definition) is 5. The topological polar surface area (TPSA) is 98.5 Å². The molecule has 2 rings (SSSR count). The average Bonchev–Trinajstić information content (AvgIpc) is 3.04. The fourth-order valence-electron chi connectivity index (χ4n) is 2.05. The summed E-state index contributed by atoms with van der Waals surface area (Å²) in [6.45, 7) is 0.318. The normalized spacial score (nSPS) is 11.3. The van der Waals surface area contributed by atoms with Crippen LogP contribution in [-0.2, 0) is 16.4 Å². The molecule has 0 aliphatic heterocycles. The van der Waals surface area contributed by atoms with E-state index < -0.39 is 15.9 Å². The van der Waals surface area contributed by atoms with Gasteiger partial charge in [0.15, 0.2) is 0 Å². The number of carbonyl (C=O) groups excluding carboxylic acids is 1. The van der Waals surface area contributed by atoms with E-state index >= 15 is 0 Å². The summed E-state index contributed by atoms with van der Waals surface area (Å²) in [4.78, 5) is 12.6. The molecule has 23 heavy (non-hydrogen) atoms. The molecule has 1 amide bonds. The number of nitrogens with two attached hydrogens (primary N) is 1. The van der Waals surface area contributed by atoms with Crippen molar-refractivity contribution in [3.63, 3.8) is 0 Å². The highest BCUT2D eigenvalue weighted by Gasteiger charge is 2.18. The highest BCUT2D eigenvalue weighted by molar-refractivity contribution is 7.89. The van der Waals surface area contributed by atoms with Crippen molar-refractivity contribution in [1.29, 1.82) is 0 Å². The first-order valence-corrected chi connectivity index (χ1v) is 9.30. The van der Waals surface area contributed by atoms with Gasteiger partial charge in [0.1, 0.15) is 5.75 Å². The molecule has 2 aromatic rings. The lowest BCUT2D eigenvalue weighted by Crippen LogP contribution is -2.25. The molecule has 0 aliphatic rings. The summed E-state index contributed by atoms with van der Waals surface area (Å²) in [5.74, 6) is -0.495. The van der Waals surface area contributed by atoms with Gasteiger partial charge in [-0.2, -0.15) is 0 Å². The first-order valence-electron chi connectivity index (χ1n) is 6.94. The number of ether oxygens (including phenoxy) is 1. The van der Waals surface area contributed by atoms with Crippen LogP contribution in [0.1, 0.15) is 21.7 Å². The van der Waals surface area contributed by atoms with E-state index in [-0.39, 0.29) is 16.2 Å². The molecule has 8 heteroatoms. The number of primary amides is 1. The van der Waals surface area contributed by atoms with E-state index in [2.05, 4.69) is 4.72 Å². The lowest BCUT2D eigenvalue weighted by molar-refractivity contribution is 0.0997. The van der Waals surface area contributed by atoms with E-state index in [4.69, 9.17) is 10.5 Å². The summed E-state index contributed by atoms with van der Waals surface area (Å²) in [5, 5.41) is 1.99. The lowest BCUT2D eigenvalue weighted by atomic mass is 10.2. The average molecular weight is 354 g/mol. The highest BCUT2D eigenvalue weighted by atomic mass is 32.2. The molecular formula is C15H18N2O4S2. The van der Waals surface area contributed by atoms with Crippen molar-refractivity contribution >= 4 is 27.3 Å². The monoisotopic (exact) mass is 354 g/mol. The smallest absolute Gasteiger partial charge is 0.252 e. The van der Waals surface area contributed by atoms with Crippen molar-refractivity contribution in [2.75, 3.05) is 13.7 Å². The second kappa shape index (κ2) is 7.58. The summed E-state index contributed by atoms with van der Waals surface area (Å²) in [5.41, 5.74) is 5.28. The Labute approximate surface area is 139 Å². The zero-order chi connectivity index (χ0) is 16.9. The number of thiophene rings is 1. The van der Waals surface area contributed by atoms with Crippen molar-refractivity contribution in [3.8, 4) is 5.75 Å². The molecule has 6 nitrogen and oxygen atoms in total. The van der Waals surface area contributed by atoms with E-state index in [0.717, 1.165) is 6.42 Å². The lowest BCUT2D eigenvalue weighted by Gasteiger charge is -2.10. The van der Waals surface area contributed by atoms with Gasteiger partial charge in [-0.25, -0.2) is 13.1 Å². The van der Waals surface area contributed by atoms with Crippen LogP contribution in [0.25, 0.3) is 0 Å². The van der Waals surface area contributed by atoms with E-state index in [1.807, 2.05) is 17.5 Å². The predicted molar refractivity (Wildman–Crippen MR) is 89.3 cm³/mol. The molecule has 0 radical (unpaired) electrons. The Hall–Kier alpha value is -1.90. The van der Waals surface area contributed by atoms with Gasteiger partial charge in [0.05, 0.1) is 17.6 Å². The first kappa shape index (κ1) is 17.5. The summed E-state index contributed by atoms with van der Waals surface area (Å²) in [6, 6.07) is 8.00. The van der Waals surface area contributed by atoms with Crippen LogP contribution in [0.5, 0.6) is 5.75 Å². The van der Waals surface area contributed by atoms with E-state index in [9.17, 15) is 13.2 Å². The molecule has 1 heterocycles. The summed E-state index contributed by atoms with van der Waals surface area (Å²) >= 11 is 1.64. The fraction of sp³-hybridized carbons (Fsp3) is 0.267. The van der Waals surface area contributed by atoms with Gasteiger partial charge < -0.3 is 10.5 Å². The van der Waals surface area contributed by atoms with Crippen LogP contribution in [0.15, 0.2) is 40.6 Å². The number of hydrogen-bond donors (Lipinski definition) is 2. The number of rotatable bonds is 8. The second-order valence-electron chi connectivity index (χ2n) is 4.81. The molecule has 1 aromatic heterocycles. The Balaban J connectivity index is 2.04. The third-order valence-corrected chi connectivity index (χ3v) is 5.61. The quantitative estimate of drug-likeness (QED) is 0.706. The maximum Gasteiger partial charge on any atom is 0.252 e. The maximum atomic E-state index is 12.3. The standard InChI is InChI=1S/C15H18N2O4S2/c1-21-14-7-6-12(10-13(14)15(16)18)23(19,20)17-8-2-4-11-5-3-9-22-11/h3,5-7,9-10,17H,2,4,8H2,1H3,(H2,16,18). The van der Waals surface area contributed by atoms with Crippen molar-refractivity contribution in [2.45, 2.75) is 17.7 Å². The third-order valence-electron chi connectivity index (χ3n) is 3.22.